The monoisotopic (exact) mass is 285 g/mol. The van der Waals surface area contributed by atoms with Crippen LogP contribution in [0, 0.1) is 17.8 Å². The highest BCUT2D eigenvalue weighted by Crippen LogP contribution is 2.48. The van der Waals surface area contributed by atoms with E-state index in [9.17, 15) is 0 Å². The highest BCUT2D eigenvalue weighted by Gasteiger charge is 2.39. The van der Waals surface area contributed by atoms with Gasteiger partial charge in [-0.3, -0.25) is 0 Å². The zero-order valence-electron chi connectivity index (χ0n) is 13.9. The summed E-state index contributed by atoms with van der Waals surface area (Å²) in [6, 6.07) is 11.6. The van der Waals surface area contributed by atoms with Crippen LogP contribution in [0.3, 0.4) is 0 Å². The van der Waals surface area contributed by atoms with Gasteiger partial charge in [-0.15, -0.1) is 0 Å². The number of rotatable bonds is 6. The minimum Gasteiger partial charge on any atom is -0.314 e. The predicted molar refractivity (Wildman–Crippen MR) is 90.5 cm³/mol. The molecule has 0 saturated heterocycles. The molecular formula is C20H31N. The summed E-state index contributed by atoms with van der Waals surface area (Å²) in [7, 11) is 0. The maximum Gasteiger partial charge on any atom is 0.00471 e. The van der Waals surface area contributed by atoms with Crippen LogP contribution in [0.1, 0.15) is 58.4 Å². The predicted octanol–water partition coefficient (Wildman–Crippen LogP) is 4.77. The molecule has 1 heteroatoms. The van der Waals surface area contributed by atoms with Crippen molar-refractivity contribution in [1.29, 1.82) is 0 Å². The molecule has 2 aliphatic carbocycles. The Labute approximate surface area is 130 Å². The Bertz CT molecular complexity index is 450. The van der Waals surface area contributed by atoms with Crippen molar-refractivity contribution < 1.29 is 0 Å². The smallest absolute Gasteiger partial charge is 0.00471 e. The largest absolute Gasteiger partial charge is 0.314 e. The maximum atomic E-state index is 3.84. The Morgan fingerprint density at radius 3 is 2.52 bits per heavy atom. The summed E-state index contributed by atoms with van der Waals surface area (Å²) in [5.74, 6) is 3.07. The highest BCUT2D eigenvalue weighted by molar-refractivity contribution is 5.23. The molecule has 3 rings (SSSR count). The van der Waals surface area contributed by atoms with Gasteiger partial charge in [-0.2, -0.15) is 0 Å². The lowest BCUT2D eigenvalue weighted by Gasteiger charge is -2.31. The second kappa shape index (κ2) is 6.12. The molecule has 1 aromatic rings. The van der Waals surface area contributed by atoms with E-state index < -0.39 is 0 Å². The van der Waals surface area contributed by atoms with Crippen molar-refractivity contribution in [2.75, 3.05) is 6.54 Å². The van der Waals surface area contributed by atoms with Crippen LogP contribution < -0.4 is 5.32 Å². The van der Waals surface area contributed by atoms with E-state index >= 15 is 0 Å². The molecule has 2 bridgehead atoms. The lowest BCUT2D eigenvalue weighted by molar-refractivity contribution is 0.294. The number of hydrogen-bond donors (Lipinski definition) is 1. The van der Waals surface area contributed by atoms with Gasteiger partial charge in [0.25, 0.3) is 0 Å². The minimum absolute atomic E-state index is 0.252. The van der Waals surface area contributed by atoms with E-state index in [0.717, 1.165) is 17.8 Å². The first-order valence-corrected chi connectivity index (χ1v) is 8.83. The molecule has 0 spiro atoms. The standard InChI is InChI=1S/C20H31N/c1-15(13-20(2,3)19-7-5-4-6-8-19)21-14-18-12-16-9-10-17(18)11-16/h4-8,15-18,21H,9-14H2,1-3H3. The fourth-order valence-corrected chi connectivity index (χ4v) is 4.82. The van der Waals surface area contributed by atoms with Crippen LogP contribution in [0.4, 0.5) is 0 Å². The Morgan fingerprint density at radius 1 is 1.14 bits per heavy atom. The van der Waals surface area contributed by atoms with Gasteiger partial charge in [-0.1, -0.05) is 50.6 Å². The zero-order chi connectivity index (χ0) is 14.9. The Hall–Kier alpha value is -0.820. The number of nitrogens with one attached hydrogen (secondary N) is 1. The Balaban J connectivity index is 1.48. The molecule has 0 radical (unpaired) electrons. The number of benzene rings is 1. The van der Waals surface area contributed by atoms with Gasteiger partial charge in [0.1, 0.15) is 0 Å². The van der Waals surface area contributed by atoms with Gasteiger partial charge in [0.15, 0.2) is 0 Å². The molecule has 1 nitrogen and oxygen atoms in total. The van der Waals surface area contributed by atoms with Gasteiger partial charge >= 0.3 is 0 Å². The summed E-state index contributed by atoms with van der Waals surface area (Å²) >= 11 is 0. The van der Waals surface area contributed by atoms with Crippen LogP contribution in [0.25, 0.3) is 0 Å². The van der Waals surface area contributed by atoms with Crippen molar-refractivity contribution >= 4 is 0 Å². The Kier molecular flexibility index (Phi) is 4.40. The van der Waals surface area contributed by atoms with Crippen LogP contribution in [0.15, 0.2) is 30.3 Å². The van der Waals surface area contributed by atoms with E-state index in [1.54, 1.807) is 0 Å². The summed E-state index contributed by atoms with van der Waals surface area (Å²) in [5, 5.41) is 3.84. The second-order valence-corrected chi connectivity index (χ2v) is 8.20. The van der Waals surface area contributed by atoms with E-state index in [4.69, 9.17) is 0 Å². The lowest BCUT2D eigenvalue weighted by atomic mass is 9.79. The first-order valence-electron chi connectivity index (χ1n) is 8.83. The molecule has 21 heavy (non-hydrogen) atoms. The van der Waals surface area contributed by atoms with Gasteiger partial charge in [0, 0.05) is 6.04 Å². The van der Waals surface area contributed by atoms with Crippen molar-refractivity contribution in [3.63, 3.8) is 0 Å². The Morgan fingerprint density at radius 2 is 1.90 bits per heavy atom. The fraction of sp³-hybridized carbons (Fsp3) is 0.700. The molecule has 1 aromatic carbocycles. The van der Waals surface area contributed by atoms with Crippen LogP contribution in [-0.4, -0.2) is 12.6 Å². The second-order valence-electron chi connectivity index (χ2n) is 8.20. The molecule has 2 fully saturated rings. The molecule has 0 heterocycles. The van der Waals surface area contributed by atoms with Crippen molar-refractivity contribution in [3.8, 4) is 0 Å². The molecule has 4 unspecified atom stereocenters. The summed E-state index contributed by atoms with van der Waals surface area (Å²) in [6.45, 7) is 8.35. The third kappa shape index (κ3) is 3.51. The van der Waals surface area contributed by atoms with Gasteiger partial charge in [-0.25, -0.2) is 0 Å². The lowest BCUT2D eigenvalue weighted by Crippen LogP contribution is -2.37. The van der Waals surface area contributed by atoms with Gasteiger partial charge in [0.05, 0.1) is 0 Å². The molecule has 0 aromatic heterocycles. The summed E-state index contributed by atoms with van der Waals surface area (Å²) < 4.78 is 0. The van der Waals surface area contributed by atoms with Crippen molar-refractivity contribution in [1.82, 2.24) is 5.32 Å². The van der Waals surface area contributed by atoms with E-state index in [0.29, 0.717) is 6.04 Å². The number of fused-ring (bicyclic) bond motifs is 2. The maximum absolute atomic E-state index is 3.84. The van der Waals surface area contributed by atoms with Crippen molar-refractivity contribution in [3.05, 3.63) is 35.9 Å². The van der Waals surface area contributed by atoms with E-state index in [2.05, 4.69) is 56.4 Å². The third-order valence-corrected chi connectivity index (χ3v) is 5.98. The molecule has 116 valence electrons. The minimum atomic E-state index is 0.252. The summed E-state index contributed by atoms with van der Waals surface area (Å²) in [5.41, 5.74) is 1.71. The SMILES string of the molecule is CC(CC(C)(C)c1ccccc1)NCC1CC2CCC1C2. The molecule has 2 aliphatic rings. The van der Waals surface area contributed by atoms with Crippen molar-refractivity contribution in [2.45, 2.75) is 64.3 Å². The molecular weight excluding hydrogens is 254 g/mol. The molecule has 4 atom stereocenters. The van der Waals surface area contributed by atoms with Crippen molar-refractivity contribution in [2.24, 2.45) is 17.8 Å². The first kappa shape index (κ1) is 15.1. The van der Waals surface area contributed by atoms with Gasteiger partial charge < -0.3 is 5.32 Å². The average Bonchev–Trinajstić information content (AvgIpc) is 3.08. The summed E-state index contributed by atoms with van der Waals surface area (Å²) in [4.78, 5) is 0. The molecule has 0 amide bonds. The molecule has 0 aliphatic heterocycles. The summed E-state index contributed by atoms with van der Waals surface area (Å²) in [6.07, 6.45) is 7.24. The quantitative estimate of drug-likeness (QED) is 0.794. The molecule has 2 saturated carbocycles. The van der Waals surface area contributed by atoms with Crippen LogP contribution in [-0.2, 0) is 5.41 Å². The van der Waals surface area contributed by atoms with E-state index in [1.807, 2.05) is 0 Å². The third-order valence-electron chi connectivity index (χ3n) is 5.98. The number of hydrogen-bond acceptors (Lipinski definition) is 1. The van der Waals surface area contributed by atoms with Crippen LogP contribution in [0.2, 0.25) is 0 Å². The van der Waals surface area contributed by atoms with E-state index in [1.165, 1.54) is 44.2 Å². The average molecular weight is 285 g/mol. The van der Waals surface area contributed by atoms with E-state index in [-0.39, 0.29) is 5.41 Å². The zero-order valence-corrected chi connectivity index (χ0v) is 13.9. The first-order chi connectivity index (χ1) is 10.0. The molecule has 1 N–H and O–H groups in total. The van der Waals surface area contributed by atoms with Crippen LogP contribution in [0.5, 0.6) is 0 Å². The fourth-order valence-electron chi connectivity index (χ4n) is 4.82. The van der Waals surface area contributed by atoms with Gasteiger partial charge in [-0.05, 0) is 67.9 Å². The normalized spacial score (nSPS) is 29.8. The topological polar surface area (TPSA) is 12.0 Å². The van der Waals surface area contributed by atoms with Crippen LogP contribution >= 0.6 is 0 Å². The van der Waals surface area contributed by atoms with Gasteiger partial charge in [0.2, 0.25) is 0 Å². The highest BCUT2D eigenvalue weighted by atomic mass is 14.9.